The van der Waals surface area contributed by atoms with E-state index in [0.29, 0.717) is 17.7 Å². The fraction of sp³-hybridized carbons (Fsp3) is 0.500. The molecule has 1 N–H and O–H groups in total. The molecule has 1 aliphatic rings. The molecule has 2 rings (SSSR count). The highest BCUT2D eigenvalue weighted by Crippen LogP contribution is 2.19. The van der Waals surface area contributed by atoms with E-state index in [1.807, 2.05) is 0 Å². The van der Waals surface area contributed by atoms with Gasteiger partial charge in [0.05, 0.1) is 11.0 Å². The fourth-order valence-electron chi connectivity index (χ4n) is 2.27. The normalized spacial score (nSPS) is 19.2. The van der Waals surface area contributed by atoms with Gasteiger partial charge >= 0.3 is 0 Å². The molecule has 1 atom stereocenters. The summed E-state index contributed by atoms with van der Waals surface area (Å²) in [5.41, 5.74) is 1.01. The quantitative estimate of drug-likeness (QED) is 0.859. The third-order valence-corrected chi connectivity index (χ3v) is 4.85. The summed E-state index contributed by atoms with van der Waals surface area (Å²) in [7, 11) is 1.46. The Hall–Kier alpha value is -1.11. The van der Waals surface area contributed by atoms with Crippen LogP contribution in [0.15, 0.2) is 23.1 Å². The lowest BCUT2D eigenvalue weighted by molar-refractivity contribution is 0.0169. The molecule has 0 spiro atoms. The molecule has 0 saturated carbocycles. The van der Waals surface area contributed by atoms with Gasteiger partial charge in [-0.2, -0.15) is 0 Å². The fourth-order valence-corrected chi connectivity index (χ4v) is 3.04. The minimum atomic E-state index is -3.84. The molecule has 0 aliphatic carbocycles. The first-order valence-electron chi connectivity index (χ1n) is 6.83. The van der Waals surface area contributed by atoms with E-state index in [9.17, 15) is 13.2 Å². The predicted octanol–water partition coefficient (Wildman–Crippen LogP) is 2.22. The first-order chi connectivity index (χ1) is 9.88. The Morgan fingerprint density at radius 3 is 2.81 bits per heavy atom. The average molecular weight is 332 g/mol. The summed E-state index contributed by atoms with van der Waals surface area (Å²) in [4.78, 5) is 12.1. The minimum absolute atomic E-state index is 0.0305. The SMILES string of the molecule is Cc1ccc(S(=O)(=O)Cl)cc1C(=O)NCC1CCCCO1. The van der Waals surface area contributed by atoms with Gasteiger partial charge in [0.2, 0.25) is 0 Å². The molecule has 5 nitrogen and oxygen atoms in total. The van der Waals surface area contributed by atoms with Crippen molar-refractivity contribution in [3.63, 3.8) is 0 Å². The molecule has 1 amide bonds. The van der Waals surface area contributed by atoms with Crippen molar-refractivity contribution in [2.75, 3.05) is 13.2 Å². The number of aryl methyl sites for hydroxylation is 1. The van der Waals surface area contributed by atoms with Crippen molar-refractivity contribution in [2.45, 2.75) is 37.2 Å². The molecule has 1 aromatic carbocycles. The van der Waals surface area contributed by atoms with Gasteiger partial charge in [-0.25, -0.2) is 8.42 Å². The van der Waals surface area contributed by atoms with E-state index in [0.717, 1.165) is 25.9 Å². The highest BCUT2D eigenvalue weighted by atomic mass is 35.7. The van der Waals surface area contributed by atoms with Gasteiger partial charge in [-0.15, -0.1) is 0 Å². The molecule has 0 bridgehead atoms. The molecular formula is C14H18ClNO4S. The smallest absolute Gasteiger partial charge is 0.261 e. The Labute approximate surface area is 129 Å². The maximum atomic E-state index is 12.2. The molecule has 1 aliphatic heterocycles. The molecule has 1 saturated heterocycles. The monoisotopic (exact) mass is 331 g/mol. The number of ether oxygens (including phenoxy) is 1. The van der Waals surface area contributed by atoms with Crippen LogP contribution in [0.2, 0.25) is 0 Å². The lowest BCUT2D eigenvalue weighted by Crippen LogP contribution is -2.35. The van der Waals surface area contributed by atoms with E-state index >= 15 is 0 Å². The van der Waals surface area contributed by atoms with Crippen molar-refractivity contribution in [3.05, 3.63) is 29.3 Å². The van der Waals surface area contributed by atoms with Crippen LogP contribution in [0.3, 0.4) is 0 Å². The molecule has 116 valence electrons. The minimum Gasteiger partial charge on any atom is -0.376 e. The summed E-state index contributed by atoms with van der Waals surface area (Å²) in [6.45, 7) is 2.90. The van der Waals surface area contributed by atoms with Gasteiger partial charge in [-0.05, 0) is 43.9 Å². The van der Waals surface area contributed by atoms with Gasteiger partial charge < -0.3 is 10.1 Å². The van der Waals surface area contributed by atoms with Crippen LogP contribution in [-0.4, -0.2) is 33.6 Å². The highest BCUT2D eigenvalue weighted by molar-refractivity contribution is 8.13. The van der Waals surface area contributed by atoms with Crippen LogP contribution in [0.25, 0.3) is 0 Å². The van der Waals surface area contributed by atoms with Crippen molar-refractivity contribution in [1.82, 2.24) is 5.32 Å². The summed E-state index contributed by atoms with van der Waals surface area (Å²) in [5, 5.41) is 2.79. The van der Waals surface area contributed by atoms with Gasteiger partial charge in [0.1, 0.15) is 0 Å². The zero-order valence-corrected chi connectivity index (χ0v) is 13.3. The molecule has 0 aromatic heterocycles. The largest absolute Gasteiger partial charge is 0.376 e. The molecule has 1 unspecified atom stereocenters. The molecule has 21 heavy (non-hydrogen) atoms. The molecule has 1 heterocycles. The average Bonchev–Trinajstić information content (AvgIpc) is 2.45. The van der Waals surface area contributed by atoms with Crippen LogP contribution < -0.4 is 5.32 Å². The van der Waals surface area contributed by atoms with Gasteiger partial charge in [0, 0.05) is 29.4 Å². The number of benzene rings is 1. The van der Waals surface area contributed by atoms with Gasteiger partial charge in [0.15, 0.2) is 0 Å². The van der Waals surface area contributed by atoms with Crippen LogP contribution in [0.4, 0.5) is 0 Å². The zero-order valence-electron chi connectivity index (χ0n) is 11.8. The highest BCUT2D eigenvalue weighted by Gasteiger charge is 2.18. The number of carbonyl (C=O) groups excluding carboxylic acids is 1. The summed E-state index contributed by atoms with van der Waals surface area (Å²) in [5.74, 6) is -0.316. The molecular weight excluding hydrogens is 314 g/mol. The lowest BCUT2D eigenvalue weighted by atomic mass is 10.1. The van der Waals surface area contributed by atoms with E-state index in [4.69, 9.17) is 15.4 Å². The zero-order chi connectivity index (χ0) is 15.5. The second kappa shape index (κ2) is 6.77. The number of halogens is 1. The third-order valence-electron chi connectivity index (χ3n) is 3.50. The van der Waals surface area contributed by atoms with Gasteiger partial charge in [-0.1, -0.05) is 6.07 Å². The van der Waals surface area contributed by atoms with E-state index in [2.05, 4.69) is 5.32 Å². The number of rotatable bonds is 4. The van der Waals surface area contributed by atoms with Crippen molar-refractivity contribution in [3.8, 4) is 0 Å². The predicted molar refractivity (Wildman–Crippen MR) is 80.1 cm³/mol. The summed E-state index contributed by atoms with van der Waals surface area (Å²) < 4.78 is 28.2. The van der Waals surface area contributed by atoms with Crippen LogP contribution in [-0.2, 0) is 13.8 Å². The second-order valence-corrected chi connectivity index (χ2v) is 7.68. The first kappa shape index (κ1) is 16.3. The van der Waals surface area contributed by atoms with Crippen LogP contribution in [0, 0.1) is 6.92 Å². The topological polar surface area (TPSA) is 72.5 Å². The summed E-state index contributed by atoms with van der Waals surface area (Å²) in [6.07, 6.45) is 3.11. The van der Waals surface area contributed by atoms with Gasteiger partial charge in [-0.3, -0.25) is 4.79 Å². The molecule has 1 aromatic rings. The Kier molecular flexibility index (Phi) is 5.24. The maximum absolute atomic E-state index is 12.2. The molecule has 7 heteroatoms. The number of nitrogens with one attached hydrogen (secondary N) is 1. The Bertz CT molecular complexity index is 624. The van der Waals surface area contributed by atoms with Crippen molar-refractivity contribution in [1.29, 1.82) is 0 Å². The van der Waals surface area contributed by atoms with Gasteiger partial charge in [0.25, 0.3) is 15.0 Å². The standard InChI is InChI=1S/C14H18ClNO4S/c1-10-5-6-12(21(15,18)19)8-13(10)14(17)16-9-11-4-2-3-7-20-11/h5-6,8,11H,2-4,7,9H2,1H3,(H,16,17). The Morgan fingerprint density at radius 2 is 2.19 bits per heavy atom. The van der Waals surface area contributed by atoms with Crippen molar-refractivity contribution < 1.29 is 17.9 Å². The lowest BCUT2D eigenvalue weighted by Gasteiger charge is -2.22. The summed E-state index contributed by atoms with van der Waals surface area (Å²) >= 11 is 0. The number of hydrogen-bond donors (Lipinski definition) is 1. The first-order valence-corrected chi connectivity index (χ1v) is 9.14. The number of carbonyl (C=O) groups is 1. The van der Waals surface area contributed by atoms with Crippen molar-refractivity contribution in [2.24, 2.45) is 0 Å². The Balaban J connectivity index is 2.07. The van der Waals surface area contributed by atoms with Crippen molar-refractivity contribution >= 4 is 25.6 Å². The maximum Gasteiger partial charge on any atom is 0.261 e. The van der Waals surface area contributed by atoms with Crippen LogP contribution in [0.5, 0.6) is 0 Å². The molecule has 1 fully saturated rings. The van der Waals surface area contributed by atoms with E-state index in [1.54, 1.807) is 13.0 Å². The number of hydrogen-bond acceptors (Lipinski definition) is 4. The molecule has 0 radical (unpaired) electrons. The summed E-state index contributed by atoms with van der Waals surface area (Å²) in [6, 6.07) is 4.26. The van der Waals surface area contributed by atoms with E-state index < -0.39 is 9.05 Å². The third kappa shape index (κ3) is 4.43. The second-order valence-electron chi connectivity index (χ2n) is 5.11. The van der Waals surface area contributed by atoms with E-state index in [-0.39, 0.29) is 16.9 Å². The number of amides is 1. The van der Waals surface area contributed by atoms with E-state index in [1.165, 1.54) is 12.1 Å². The Morgan fingerprint density at radius 1 is 1.43 bits per heavy atom. The van der Waals surface area contributed by atoms with Crippen LogP contribution in [0.1, 0.15) is 35.2 Å². The van der Waals surface area contributed by atoms with Crippen LogP contribution >= 0.6 is 10.7 Å².